The topological polar surface area (TPSA) is 106 Å². The number of benzene rings is 1. The molecule has 0 amide bonds. The molecule has 1 fully saturated rings. The molecule has 0 heterocycles. The van der Waals surface area contributed by atoms with Crippen molar-refractivity contribution in [2.75, 3.05) is 12.0 Å². The number of sulfonamides is 1. The van der Waals surface area contributed by atoms with E-state index in [4.69, 9.17) is 5.73 Å². The molecule has 1 atom stereocenters. The van der Waals surface area contributed by atoms with Crippen LogP contribution in [-0.2, 0) is 19.9 Å². The summed E-state index contributed by atoms with van der Waals surface area (Å²) in [6.07, 6.45) is 3.03. The lowest BCUT2D eigenvalue weighted by atomic mass is 10.2. The molecule has 1 saturated carbocycles. The molecule has 1 unspecified atom stereocenters. The van der Waals surface area contributed by atoms with Gasteiger partial charge in [0.2, 0.25) is 10.0 Å². The molecule has 2 rings (SSSR count). The first kappa shape index (κ1) is 15.3. The number of hydrogen-bond donors (Lipinski definition) is 2. The quantitative estimate of drug-likeness (QED) is 0.779. The zero-order valence-corrected chi connectivity index (χ0v) is 13.0. The van der Waals surface area contributed by atoms with Crippen molar-refractivity contribution >= 4 is 25.5 Å². The van der Waals surface area contributed by atoms with E-state index in [1.807, 2.05) is 0 Å². The van der Waals surface area contributed by atoms with Crippen molar-refractivity contribution in [2.24, 2.45) is 5.92 Å². The van der Waals surface area contributed by atoms with E-state index in [2.05, 4.69) is 4.72 Å². The molecule has 0 saturated heterocycles. The summed E-state index contributed by atoms with van der Waals surface area (Å²) >= 11 is 0. The second kappa shape index (κ2) is 5.01. The van der Waals surface area contributed by atoms with Crippen LogP contribution in [0.2, 0.25) is 0 Å². The van der Waals surface area contributed by atoms with Crippen LogP contribution in [-0.4, -0.2) is 29.1 Å². The number of nitrogen functional groups attached to an aromatic ring is 1. The van der Waals surface area contributed by atoms with Crippen molar-refractivity contribution < 1.29 is 16.8 Å². The summed E-state index contributed by atoms with van der Waals surface area (Å²) in [5.41, 5.74) is 5.71. The summed E-state index contributed by atoms with van der Waals surface area (Å²) in [4.78, 5) is -0.251. The first-order valence-corrected chi connectivity index (χ1v) is 9.60. The van der Waals surface area contributed by atoms with Gasteiger partial charge in [0.1, 0.15) is 4.90 Å². The fourth-order valence-corrected chi connectivity index (χ4v) is 4.17. The number of sulfone groups is 1. The molecule has 0 radical (unpaired) electrons. The van der Waals surface area contributed by atoms with Gasteiger partial charge in [-0.2, -0.15) is 0 Å². The molecule has 0 aliphatic heterocycles. The predicted octanol–water partition coefficient (Wildman–Crippen LogP) is 0.749. The van der Waals surface area contributed by atoms with Gasteiger partial charge in [-0.05, 0) is 43.9 Å². The zero-order valence-electron chi connectivity index (χ0n) is 11.3. The van der Waals surface area contributed by atoms with Crippen LogP contribution in [0.5, 0.6) is 0 Å². The molecule has 1 aromatic carbocycles. The van der Waals surface area contributed by atoms with E-state index < -0.39 is 19.9 Å². The lowest BCUT2D eigenvalue weighted by Crippen LogP contribution is -2.34. The average molecular weight is 318 g/mol. The molecule has 20 heavy (non-hydrogen) atoms. The van der Waals surface area contributed by atoms with Crippen molar-refractivity contribution in [2.45, 2.75) is 35.6 Å². The molecule has 1 aliphatic carbocycles. The molecule has 112 valence electrons. The van der Waals surface area contributed by atoms with Gasteiger partial charge in [0.25, 0.3) is 0 Å². The normalized spacial score (nSPS) is 17.9. The minimum absolute atomic E-state index is 0.0351. The third-order valence-corrected chi connectivity index (χ3v) is 6.10. The molecule has 0 bridgehead atoms. The van der Waals surface area contributed by atoms with Crippen LogP contribution >= 0.6 is 0 Å². The Morgan fingerprint density at radius 1 is 1.25 bits per heavy atom. The summed E-state index contributed by atoms with van der Waals surface area (Å²) < 4.78 is 50.1. The summed E-state index contributed by atoms with van der Waals surface area (Å²) in [5, 5.41) is 0. The van der Waals surface area contributed by atoms with Gasteiger partial charge < -0.3 is 5.73 Å². The van der Waals surface area contributed by atoms with Gasteiger partial charge in [0.05, 0.1) is 10.6 Å². The second-order valence-corrected chi connectivity index (χ2v) is 8.92. The Labute approximate surface area is 119 Å². The zero-order chi connectivity index (χ0) is 15.1. The molecule has 8 heteroatoms. The fourth-order valence-electron chi connectivity index (χ4n) is 1.98. The number of hydrogen-bond acceptors (Lipinski definition) is 5. The van der Waals surface area contributed by atoms with E-state index in [1.54, 1.807) is 6.92 Å². The fraction of sp³-hybridized carbons (Fsp3) is 0.500. The van der Waals surface area contributed by atoms with Gasteiger partial charge in [-0.1, -0.05) is 0 Å². The van der Waals surface area contributed by atoms with Crippen LogP contribution in [0.4, 0.5) is 5.69 Å². The molecule has 1 aromatic rings. The van der Waals surface area contributed by atoms with Gasteiger partial charge in [-0.15, -0.1) is 0 Å². The molecule has 0 aromatic heterocycles. The van der Waals surface area contributed by atoms with Crippen molar-refractivity contribution in [1.82, 2.24) is 4.72 Å². The van der Waals surface area contributed by atoms with E-state index in [0.717, 1.165) is 25.2 Å². The van der Waals surface area contributed by atoms with Gasteiger partial charge in [-0.3, -0.25) is 0 Å². The maximum absolute atomic E-state index is 12.3. The van der Waals surface area contributed by atoms with Crippen LogP contribution < -0.4 is 10.5 Å². The molecular weight excluding hydrogens is 300 g/mol. The van der Waals surface area contributed by atoms with Crippen molar-refractivity contribution in [1.29, 1.82) is 0 Å². The number of nitrogens with two attached hydrogens (primary N) is 1. The van der Waals surface area contributed by atoms with Crippen LogP contribution in [0.15, 0.2) is 28.0 Å². The monoisotopic (exact) mass is 318 g/mol. The van der Waals surface area contributed by atoms with E-state index >= 15 is 0 Å². The summed E-state index contributed by atoms with van der Waals surface area (Å²) in [7, 11) is -7.30. The smallest absolute Gasteiger partial charge is 0.242 e. The van der Waals surface area contributed by atoms with E-state index in [9.17, 15) is 16.8 Å². The predicted molar refractivity (Wildman–Crippen MR) is 76.5 cm³/mol. The molecular formula is C12H18N2O4S2. The number of anilines is 1. The summed E-state index contributed by atoms with van der Waals surface area (Å²) in [5.74, 6) is 0.351. The highest BCUT2D eigenvalue weighted by atomic mass is 32.2. The Balaban J connectivity index is 2.39. The maximum atomic E-state index is 12.3. The molecule has 6 nitrogen and oxygen atoms in total. The van der Waals surface area contributed by atoms with Crippen LogP contribution in [0.1, 0.15) is 19.8 Å². The highest BCUT2D eigenvalue weighted by Crippen LogP contribution is 2.33. The Bertz CT molecular complexity index is 722. The summed E-state index contributed by atoms with van der Waals surface area (Å²) in [6.45, 7) is 1.80. The van der Waals surface area contributed by atoms with E-state index in [0.29, 0.717) is 5.92 Å². The van der Waals surface area contributed by atoms with Gasteiger partial charge in [0.15, 0.2) is 9.84 Å². The van der Waals surface area contributed by atoms with E-state index in [-0.39, 0.29) is 21.5 Å². The first-order valence-electron chi connectivity index (χ1n) is 6.23. The molecule has 3 N–H and O–H groups in total. The SMILES string of the molecule is CC(NS(=O)(=O)c1cc(S(C)(=O)=O)ccc1N)C1CC1. The third kappa shape index (κ3) is 3.31. The van der Waals surface area contributed by atoms with E-state index in [1.165, 1.54) is 12.1 Å². The number of rotatable bonds is 5. The average Bonchev–Trinajstić information content (AvgIpc) is 3.10. The van der Waals surface area contributed by atoms with Crippen molar-refractivity contribution in [3.8, 4) is 0 Å². The minimum Gasteiger partial charge on any atom is -0.398 e. The minimum atomic E-state index is -3.82. The lowest BCUT2D eigenvalue weighted by Gasteiger charge is -2.15. The van der Waals surface area contributed by atoms with Crippen molar-refractivity contribution in [3.63, 3.8) is 0 Å². The number of nitrogens with one attached hydrogen (secondary N) is 1. The Morgan fingerprint density at radius 2 is 1.85 bits per heavy atom. The Morgan fingerprint density at radius 3 is 2.35 bits per heavy atom. The summed E-state index contributed by atoms with van der Waals surface area (Å²) in [6, 6.07) is 3.52. The molecule has 1 aliphatic rings. The molecule has 0 spiro atoms. The second-order valence-electron chi connectivity index (χ2n) is 5.22. The first-order chi connectivity index (χ1) is 9.11. The van der Waals surface area contributed by atoms with Gasteiger partial charge >= 0.3 is 0 Å². The largest absolute Gasteiger partial charge is 0.398 e. The third-order valence-electron chi connectivity index (χ3n) is 3.37. The maximum Gasteiger partial charge on any atom is 0.242 e. The van der Waals surface area contributed by atoms with Crippen LogP contribution in [0.25, 0.3) is 0 Å². The van der Waals surface area contributed by atoms with Crippen molar-refractivity contribution in [3.05, 3.63) is 18.2 Å². The highest BCUT2D eigenvalue weighted by Gasteiger charge is 2.32. The Kier molecular flexibility index (Phi) is 3.83. The standard InChI is InChI=1S/C12H18N2O4S2/c1-8(9-3-4-9)14-20(17,18)12-7-10(19(2,15)16)5-6-11(12)13/h5-9,14H,3-4,13H2,1-2H3. The van der Waals surface area contributed by atoms with Crippen LogP contribution in [0, 0.1) is 5.92 Å². The van der Waals surface area contributed by atoms with Crippen LogP contribution in [0.3, 0.4) is 0 Å². The highest BCUT2D eigenvalue weighted by molar-refractivity contribution is 7.91. The lowest BCUT2D eigenvalue weighted by molar-refractivity contribution is 0.538. The van der Waals surface area contributed by atoms with Gasteiger partial charge in [0, 0.05) is 12.3 Å². The Hall–Kier alpha value is -1.12. The van der Waals surface area contributed by atoms with Gasteiger partial charge in [-0.25, -0.2) is 21.6 Å².